The number of rotatable bonds is 3. The summed E-state index contributed by atoms with van der Waals surface area (Å²) >= 11 is 0. The molecule has 1 atom stereocenters. The highest BCUT2D eigenvalue weighted by Crippen LogP contribution is 2.31. The van der Waals surface area contributed by atoms with Crippen LogP contribution in [0, 0.1) is 0 Å². The molecule has 4 rings (SSSR count). The molecule has 0 saturated carbocycles. The molecule has 2 aliphatic heterocycles. The van der Waals surface area contributed by atoms with Crippen LogP contribution in [0.25, 0.3) is 11.4 Å². The van der Waals surface area contributed by atoms with E-state index in [1.54, 1.807) is 24.3 Å². The van der Waals surface area contributed by atoms with Crippen molar-refractivity contribution >= 4 is 6.09 Å². The number of amides is 1. The smallest absolute Gasteiger partial charge is 0.410 e. The Kier molecular flexibility index (Phi) is 3.68. The lowest BCUT2D eigenvalue weighted by Crippen LogP contribution is -2.50. The Morgan fingerprint density at radius 3 is 2.88 bits per heavy atom. The minimum atomic E-state index is -0.405. The number of ether oxygens (including phenoxy) is 1. The van der Waals surface area contributed by atoms with Crippen LogP contribution in [-0.4, -0.2) is 63.3 Å². The summed E-state index contributed by atoms with van der Waals surface area (Å²) in [6.07, 6.45) is 5.03. The SMILES string of the molecule is CN1CC2(CCCN(Cc3nc(-c4ccncc4)no3)C2)OC1=O. The quantitative estimate of drug-likeness (QED) is 0.844. The van der Waals surface area contributed by atoms with Gasteiger partial charge in [0.25, 0.3) is 0 Å². The summed E-state index contributed by atoms with van der Waals surface area (Å²) < 4.78 is 11.0. The number of carbonyl (C=O) groups is 1. The van der Waals surface area contributed by atoms with Crippen molar-refractivity contribution in [2.24, 2.45) is 0 Å². The third kappa shape index (κ3) is 2.84. The van der Waals surface area contributed by atoms with E-state index in [1.165, 1.54) is 0 Å². The second kappa shape index (κ2) is 5.86. The molecule has 0 N–H and O–H groups in total. The fourth-order valence-corrected chi connectivity index (χ4v) is 3.46. The molecule has 8 nitrogen and oxygen atoms in total. The average Bonchev–Trinajstić information content (AvgIpc) is 3.14. The number of hydrogen-bond acceptors (Lipinski definition) is 7. The summed E-state index contributed by atoms with van der Waals surface area (Å²) in [6.45, 7) is 2.81. The van der Waals surface area contributed by atoms with Crippen molar-refractivity contribution in [2.75, 3.05) is 26.7 Å². The van der Waals surface area contributed by atoms with Crippen molar-refractivity contribution in [1.82, 2.24) is 24.9 Å². The van der Waals surface area contributed by atoms with E-state index < -0.39 is 5.60 Å². The lowest BCUT2D eigenvalue weighted by atomic mass is 9.93. The minimum absolute atomic E-state index is 0.241. The van der Waals surface area contributed by atoms with Gasteiger partial charge in [-0.2, -0.15) is 4.98 Å². The maximum Gasteiger partial charge on any atom is 0.410 e. The Balaban J connectivity index is 1.44. The van der Waals surface area contributed by atoms with Gasteiger partial charge in [0.15, 0.2) is 0 Å². The Hall–Kier alpha value is -2.48. The highest BCUT2D eigenvalue weighted by Gasteiger charge is 2.46. The van der Waals surface area contributed by atoms with Crippen molar-refractivity contribution in [3.8, 4) is 11.4 Å². The van der Waals surface area contributed by atoms with Crippen LogP contribution in [0.4, 0.5) is 4.79 Å². The molecule has 24 heavy (non-hydrogen) atoms. The van der Waals surface area contributed by atoms with E-state index in [0.717, 1.165) is 24.9 Å². The van der Waals surface area contributed by atoms with Crippen molar-refractivity contribution < 1.29 is 14.1 Å². The van der Waals surface area contributed by atoms with Gasteiger partial charge in [0.1, 0.15) is 5.60 Å². The van der Waals surface area contributed by atoms with Crippen LogP contribution in [0.5, 0.6) is 0 Å². The molecule has 0 bridgehead atoms. The van der Waals surface area contributed by atoms with Crippen LogP contribution >= 0.6 is 0 Å². The maximum atomic E-state index is 11.7. The van der Waals surface area contributed by atoms with Crippen molar-refractivity contribution in [2.45, 2.75) is 25.0 Å². The molecule has 2 fully saturated rings. The predicted octanol–water partition coefficient (Wildman–Crippen LogP) is 1.55. The van der Waals surface area contributed by atoms with E-state index in [0.29, 0.717) is 31.3 Å². The Bertz CT molecular complexity index is 734. The molecular weight excluding hydrogens is 310 g/mol. The number of hydrogen-bond donors (Lipinski definition) is 0. The summed E-state index contributed by atoms with van der Waals surface area (Å²) in [5.41, 5.74) is 0.472. The molecule has 2 saturated heterocycles. The predicted molar refractivity (Wildman–Crippen MR) is 83.9 cm³/mol. The fourth-order valence-electron chi connectivity index (χ4n) is 3.46. The monoisotopic (exact) mass is 329 g/mol. The Morgan fingerprint density at radius 2 is 2.12 bits per heavy atom. The van der Waals surface area contributed by atoms with E-state index in [2.05, 4.69) is 20.0 Å². The molecule has 0 aliphatic carbocycles. The van der Waals surface area contributed by atoms with E-state index in [4.69, 9.17) is 9.26 Å². The number of carbonyl (C=O) groups excluding carboxylic acids is 1. The first-order chi connectivity index (χ1) is 11.6. The minimum Gasteiger partial charge on any atom is -0.440 e. The average molecular weight is 329 g/mol. The highest BCUT2D eigenvalue weighted by atomic mass is 16.6. The second-order valence-electron chi connectivity index (χ2n) is 6.47. The van der Waals surface area contributed by atoms with E-state index in [9.17, 15) is 4.79 Å². The molecule has 0 radical (unpaired) electrons. The molecule has 4 heterocycles. The van der Waals surface area contributed by atoms with Gasteiger partial charge in [-0.15, -0.1) is 0 Å². The molecule has 0 aromatic carbocycles. The number of likely N-dealkylation sites (tertiary alicyclic amines) is 1. The van der Waals surface area contributed by atoms with Gasteiger partial charge < -0.3 is 14.2 Å². The lowest BCUT2D eigenvalue weighted by molar-refractivity contribution is -0.0139. The Labute approximate surface area is 139 Å². The number of likely N-dealkylation sites (N-methyl/N-ethyl adjacent to an activating group) is 1. The molecule has 2 aliphatic rings. The standard InChI is InChI=1S/C16H19N5O3/c1-20-10-16(23-15(20)22)5-2-8-21(11-16)9-13-18-14(19-24-13)12-3-6-17-7-4-12/h3-4,6-7H,2,5,8-11H2,1H3. The number of pyridine rings is 1. The van der Waals surface area contributed by atoms with Crippen LogP contribution in [-0.2, 0) is 11.3 Å². The zero-order valence-corrected chi connectivity index (χ0v) is 13.5. The molecule has 2 aromatic rings. The van der Waals surface area contributed by atoms with E-state index in [1.807, 2.05) is 12.1 Å². The van der Waals surface area contributed by atoms with E-state index >= 15 is 0 Å². The van der Waals surface area contributed by atoms with Gasteiger partial charge >= 0.3 is 6.09 Å². The van der Waals surface area contributed by atoms with Gasteiger partial charge in [0, 0.05) is 31.5 Å². The molecule has 1 unspecified atom stereocenters. The van der Waals surface area contributed by atoms with E-state index in [-0.39, 0.29) is 6.09 Å². The van der Waals surface area contributed by atoms with Gasteiger partial charge in [-0.05, 0) is 31.5 Å². The largest absolute Gasteiger partial charge is 0.440 e. The van der Waals surface area contributed by atoms with Gasteiger partial charge in [-0.3, -0.25) is 9.88 Å². The first-order valence-electron chi connectivity index (χ1n) is 8.03. The van der Waals surface area contributed by atoms with Crippen molar-refractivity contribution in [3.05, 3.63) is 30.4 Å². The second-order valence-corrected chi connectivity index (χ2v) is 6.47. The van der Waals surface area contributed by atoms with Gasteiger partial charge in [-0.25, -0.2) is 4.79 Å². The lowest BCUT2D eigenvalue weighted by Gasteiger charge is -2.37. The van der Waals surface area contributed by atoms with Crippen LogP contribution in [0.3, 0.4) is 0 Å². The summed E-state index contributed by atoms with van der Waals surface area (Å²) in [4.78, 5) is 24.0. The highest BCUT2D eigenvalue weighted by molar-refractivity contribution is 5.70. The molecular formula is C16H19N5O3. The number of aromatic nitrogens is 3. The van der Waals surface area contributed by atoms with Crippen molar-refractivity contribution in [1.29, 1.82) is 0 Å². The zero-order chi connectivity index (χ0) is 16.6. The molecule has 2 aromatic heterocycles. The summed E-state index contributed by atoms with van der Waals surface area (Å²) in [5, 5.41) is 4.03. The van der Waals surface area contributed by atoms with Crippen LogP contribution in [0.1, 0.15) is 18.7 Å². The fraction of sp³-hybridized carbons (Fsp3) is 0.500. The number of nitrogens with zero attached hydrogens (tertiary/aromatic N) is 5. The molecule has 126 valence electrons. The summed E-state index contributed by atoms with van der Waals surface area (Å²) in [5.74, 6) is 1.13. The summed E-state index contributed by atoms with van der Waals surface area (Å²) in [7, 11) is 1.77. The topological polar surface area (TPSA) is 84.6 Å². The first kappa shape index (κ1) is 15.1. The Morgan fingerprint density at radius 1 is 1.29 bits per heavy atom. The van der Waals surface area contributed by atoms with Gasteiger partial charge in [0.05, 0.1) is 13.1 Å². The molecule has 1 amide bonds. The van der Waals surface area contributed by atoms with Crippen molar-refractivity contribution in [3.63, 3.8) is 0 Å². The third-order valence-corrected chi connectivity index (χ3v) is 4.52. The normalized spacial score (nSPS) is 24.5. The van der Waals surface area contributed by atoms with Crippen LogP contribution < -0.4 is 0 Å². The van der Waals surface area contributed by atoms with Gasteiger partial charge in [0.2, 0.25) is 11.7 Å². The molecule has 1 spiro atoms. The third-order valence-electron chi connectivity index (χ3n) is 4.52. The van der Waals surface area contributed by atoms with Gasteiger partial charge in [-0.1, -0.05) is 5.16 Å². The van der Waals surface area contributed by atoms with Crippen LogP contribution in [0.2, 0.25) is 0 Å². The zero-order valence-electron chi connectivity index (χ0n) is 13.5. The number of piperidine rings is 1. The van der Waals surface area contributed by atoms with Crippen LogP contribution in [0.15, 0.2) is 29.0 Å². The summed E-state index contributed by atoms with van der Waals surface area (Å²) in [6, 6.07) is 3.69. The first-order valence-corrected chi connectivity index (χ1v) is 8.03. The molecule has 8 heteroatoms. The maximum absolute atomic E-state index is 11.7.